The first-order chi connectivity index (χ1) is 10.2. The van der Waals surface area contributed by atoms with E-state index in [0.717, 1.165) is 17.7 Å². The molecule has 0 heterocycles. The van der Waals surface area contributed by atoms with Crippen LogP contribution in [0, 0.1) is 10.1 Å². The van der Waals surface area contributed by atoms with Gasteiger partial charge in [0.05, 0.1) is 4.92 Å². The summed E-state index contributed by atoms with van der Waals surface area (Å²) in [4.78, 5) is 10.2. The molecule has 21 heavy (non-hydrogen) atoms. The van der Waals surface area contributed by atoms with Crippen LogP contribution < -0.4 is 5.32 Å². The first-order valence-corrected chi connectivity index (χ1v) is 7.25. The Morgan fingerprint density at radius 3 is 2.19 bits per heavy atom. The van der Waals surface area contributed by atoms with Crippen molar-refractivity contribution in [2.45, 2.75) is 32.7 Å². The first-order valence-electron chi connectivity index (χ1n) is 7.25. The van der Waals surface area contributed by atoms with Gasteiger partial charge in [-0.05, 0) is 36.1 Å². The Morgan fingerprint density at radius 2 is 1.62 bits per heavy atom. The normalized spacial score (nSPS) is 10.3. The van der Waals surface area contributed by atoms with Gasteiger partial charge in [-0.25, -0.2) is 0 Å². The minimum Gasteiger partial charge on any atom is -0.381 e. The van der Waals surface area contributed by atoms with Crippen molar-refractivity contribution in [3.8, 4) is 0 Å². The van der Waals surface area contributed by atoms with Crippen LogP contribution in [0.4, 0.5) is 11.4 Å². The monoisotopic (exact) mass is 284 g/mol. The number of rotatable bonds is 7. The molecule has 0 spiro atoms. The molecule has 0 unspecified atom stereocenters. The summed E-state index contributed by atoms with van der Waals surface area (Å²) in [6, 6.07) is 15.1. The molecule has 0 aliphatic heterocycles. The number of nitrogens with one attached hydrogen (secondary N) is 1. The summed E-state index contributed by atoms with van der Waals surface area (Å²) in [6.07, 6.45) is 3.55. The predicted octanol–water partition coefficient (Wildman–Crippen LogP) is 4.55. The molecule has 0 saturated carbocycles. The van der Waals surface area contributed by atoms with Gasteiger partial charge in [0, 0.05) is 24.4 Å². The Morgan fingerprint density at radius 1 is 1.00 bits per heavy atom. The highest BCUT2D eigenvalue weighted by molar-refractivity contribution is 5.45. The second-order valence-corrected chi connectivity index (χ2v) is 5.08. The van der Waals surface area contributed by atoms with Crippen LogP contribution in [0.1, 0.15) is 30.9 Å². The molecule has 1 N–H and O–H groups in total. The predicted molar refractivity (Wildman–Crippen MR) is 85.5 cm³/mol. The Kier molecular flexibility index (Phi) is 5.32. The molecular weight excluding hydrogens is 264 g/mol. The number of unbranched alkanes of at least 4 members (excludes halogenated alkanes) is 1. The summed E-state index contributed by atoms with van der Waals surface area (Å²) >= 11 is 0. The van der Waals surface area contributed by atoms with Crippen LogP contribution in [0.2, 0.25) is 0 Å². The molecule has 110 valence electrons. The molecule has 4 nitrogen and oxygen atoms in total. The van der Waals surface area contributed by atoms with Crippen LogP contribution >= 0.6 is 0 Å². The fourth-order valence-electron chi connectivity index (χ4n) is 2.11. The quantitative estimate of drug-likeness (QED) is 0.599. The van der Waals surface area contributed by atoms with Crippen LogP contribution in [-0.4, -0.2) is 4.92 Å². The van der Waals surface area contributed by atoms with E-state index in [9.17, 15) is 10.1 Å². The van der Waals surface area contributed by atoms with E-state index in [4.69, 9.17) is 0 Å². The number of non-ortho nitro benzene ring substituents is 1. The zero-order chi connectivity index (χ0) is 15.1. The van der Waals surface area contributed by atoms with Gasteiger partial charge in [0.2, 0.25) is 0 Å². The minimum absolute atomic E-state index is 0.124. The zero-order valence-corrected chi connectivity index (χ0v) is 12.2. The molecule has 0 aliphatic rings. The van der Waals surface area contributed by atoms with E-state index in [2.05, 4.69) is 36.5 Å². The second-order valence-electron chi connectivity index (χ2n) is 5.08. The number of nitro benzene ring substituents is 1. The molecule has 2 aromatic rings. The van der Waals surface area contributed by atoms with Gasteiger partial charge >= 0.3 is 0 Å². The fraction of sp³-hybridized carbons (Fsp3) is 0.294. The van der Waals surface area contributed by atoms with Gasteiger partial charge in [-0.1, -0.05) is 37.6 Å². The molecule has 0 amide bonds. The Hall–Kier alpha value is -2.36. The van der Waals surface area contributed by atoms with Gasteiger partial charge in [0.1, 0.15) is 0 Å². The maximum absolute atomic E-state index is 10.6. The molecule has 4 heteroatoms. The first kappa shape index (κ1) is 15.0. The van der Waals surface area contributed by atoms with Gasteiger partial charge in [-0.2, -0.15) is 0 Å². The lowest BCUT2D eigenvalue weighted by atomic mass is 10.1. The van der Waals surface area contributed by atoms with E-state index >= 15 is 0 Å². The second kappa shape index (κ2) is 7.43. The van der Waals surface area contributed by atoms with Crippen molar-refractivity contribution in [2.75, 3.05) is 5.32 Å². The number of hydrogen-bond donors (Lipinski definition) is 1. The van der Waals surface area contributed by atoms with Crippen molar-refractivity contribution in [3.63, 3.8) is 0 Å². The van der Waals surface area contributed by atoms with E-state index in [1.54, 1.807) is 12.1 Å². The molecule has 0 bridgehead atoms. The van der Waals surface area contributed by atoms with Crippen LogP contribution in [0.25, 0.3) is 0 Å². The summed E-state index contributed by atoms with van der Waals surface area (Å²) in [5.41, 5.74) is 3.57. The van der Waals surface area contributed by atoms with Gasteiger partial charge < -0.3 is 5.32 Å². The van der Waals surface area contributed by atoms with Crippen molar-refractivity contribution < 1.29 is 4.92 Å². The third-order valence-corrected chi connectivity index (χ3v) is 3.42. The van der Waals surface area contributed by atoms with E-state index in [0.29, 0.717) is 6.54 Å². The van der Waals surface area contributed by atoms with Gasteiger partial charge in [0.15, 0.2) is 0 Å². The summed E-state index contributed by atoms with van der Waals surface area (Å²) in [6.45, 7) is 2.85. The maximum atomic E-state index is 10.6. The zero-order valence-electron chi connectivity index (χ0n) is 12.2. The van der Waals surface area contributed by atoms with E-state index < -0.39 is 0 Å². The molecule has 0 fully saturated rings. The highest BCUT2D eigenvalue weighted by Gasteiger charge is 2.03. The molecule has 0 aliphatic carbocycles. The smallest absolute Gasteiger partial charge is 0.269 e. The van der Waals surface area contributed by atoms with Crippen LogP contribution in [0.3, 0.4) is 0 Å². The van der Waals surface area contributed by atoms with Gasteiger partial charge in [-0.3, -0.25) is 10.1 Å². The van der Waals surface area contributed by atoms with E-state index in [1.807, 2.05) is 0 Å². The van der Waals surface area contributed by atoms with Crippen LogP contribution in [0.15, 0.2) is 48.5 Å². The topological polar surface area (TPSA) is 55.2 Å². The van der Waals surface area contributed by atoms with Crippen molar-refractivity contribution in [3.05, 3.63) is 69.8 Å². The van der Waals surface area contributed by atoms with E-state index in [1.165, 1.54) is 30.5 Å². The maximum Gasteiger partial charge on any atom is 0.269 e. The molecule has 2 rings (SSSR count). The molecule has 2 aromatic carbocycles. The highest BCUT2D eigenvalue weighted by atomic mass is 16.6. The van der Waals surface area contributed by atoms with Crippen molar-refractivity contribution in [1.29, 1.82) is 0 Å². The summed E-state index contributed by atoms with van der Waals surface area (Å²) in [7, 11) is 0. The molecule has 0 saturated heterocycles. The third kappa shape index (κ3) is 4.60. The van der Waals surface area contributed by atoms with Gasteiger partial charge in [0.25, 0.3) is 5.69 Å². The average molecular weight is 284 g/mol. The highest BCUT2D eigenvalue weighted by Crippen LogP contribution is 2.15. The Balaban J connectivity index is 1.88. The van der Waals surface area contributed by atoms with Crippen molar-refractivity contribution in [2.24, 2.45) is 0 Å². The number of nitrogens with zero attached hydrogens (tertiary/aromatic N) is 1. The standard InChI is InChI=1S/C17H20N2O2/c1-2-3-4-14-5-9-16(10-6-14)18-13-15-7-11-17(12-8-15)19(20)21/h5-12,18H,2-4,13H2,1H3. The molecule has 0 atom stereocenters. The minimum atomic E-state index is -0.383. The van der Waals surface area contributed by atoms with Crippen molar-refractivity contribution in [1.82, 2.24) is 0 Å². The van der Waals surface area contributed by atoms with E-state index in [-0.39, 0.29) is 10.6 Å². The fourth-order valence-corrected chi connectivity index (χ4v) is 2.11. The lowest BCUT2D eigenvalue weighted by Gasteiger charge is -2.07. The lowest BCUT2D eigenvalue weighted by molar-refractivity contribution is -0.384. The Labute approximate surface area is 125 Å². The number of hydrogen-bond acceptors (Lipinski definition) is 3. The third-order valence-electron chi connectivity index (χ3n) is 3.42. The lowest BCUT2D eigenvalue weighted by Crippen LogP contribution is -1.99. The molecular formula is C17H20N2O2. The number of nitro groups is 1. The molecule has 0 radical (unpaired) electrons. The number of benzene rings is 2. The molecule has 0 aromatic heterocycles. The van der Waals surface area contributed by atoms with Gasteiger partial charge in [-0.15, -0.1) is 0 Å². The Bertz CT molecular complexity index is 577. The largest absolute Gasteiger partial charge is 0.381 e. The SMILES string of the molecule is CCCCc1ccc(NCc2ccc([N+](=O)[O-])cc2)cc1. The summed E-state index contributed by atoms with van der Waals surface area (Å²) in [5, 5.41) is 13.9. The number of aryl methyl sites for hydroxylation is 1. The number of anilines is 1. The summed E-state index contributed by atoms with van der Waals surface area (Å²) < 4.78 is 0. The van der Waals surface area contributed by atoms with Crippen LogP contribution in [-0.2, 0) is 13.0 Å². The average Bonchev–Trinajstić information content (AvgIpc) is 2.52. The van der Waals surface area contributed by atoms with Crippen LogP contribution in [0.5, 0.6) is 0 Å². The van der Waals surface area contributed by atoms with Crippen molar-refractivity contribution >= 4 is 11.4 Å². The summed E-state index contributed by atoms with van der Waals surface area (Å²) in [5.74, 6) is 0.